The summed E-state index contributed by atoms with van der Waals surface area (Å²) in [6, 6.07) is 3.39. The maximum Gasteiger partial charge on any atom is 0.433 e. The van der Waals surface area contributed by atoms with Crippen molar-refractivity contribution in [2.24, 2.45) is 0 Å². The fourth-order valence-electron chi connectivity index (χ4n) is 2.71. The number of rotatable bonds is 7. The number of furan rings is 1. The van der Waals surface area contributed by atoms with E-state index in [9.17, 15) is 10.1 Å². The first-order chi connectivity index (χ1) is 9.72. The van der Waals surface area contributed by atoms with Gasteiger partial charge in [-0.05, 0) is 12.5 Å². The van der Waals surface area contributed by atoms with Crippen LogP contribution in [-0.2, 0) is 0 Å². The molecule has 0 spiro atoms. The molecule has 0 unspecified atom stereocenters. The van der Waals surface area contributed by atoms with Crippen molar-refractivity contribution in [1.82, 2.24) is 10.2 Å². The Labute approximate surface area is 143 Å². The lowest BCUT2D eigenvalue weighted by molar-refractivity contribution is -0.402. The fraction of sp³-hybridized carbons (Fsp3) is 0.714. The van der Waals surface area contributed by atoms with Crippen molar-refractivity contribution in [2.75, 3.05) is 26.2 Å². The van der Waals surface area contributed by atoms with E-state index in [4.69, 9.17) is 4.42 Å². The second-order valence-electron chi connectivity index (χ2n) is 5.23. The molecule has 1 atom stereocenters. The number of nitrogens with zero attached hydrogens (tertiary/aromatic N) is 2. The molecule has 0 amide bonds. The van der Waals surface area contributed by atoms with E-state index in [0.717, 1.165) is 44.8 Å². The van der Waals surface area contributed by atoms with Gasteiger partial charge >= 0.3 is 5.88 Å². The van der Waals surface area contributed by atoms with Gasteiger partial charge in [0.15, 0.2) is 0 Å². The molecular weight excluding hydrogens is 329 g/mol. The van der Waals surface area contributed by atoms with E-state index in [1.54, 1.807) is 6.07 Å². The standard InChI is InChI=1S/C14H23N3O3.2ClH/c1-2-3-4-5-12(16-10-8-15-9-11-16)13-6-7-14(20-13)17(18)19;;/h6-7,12,15H,2-5,8-11H2,1H3;2*1H/t12-;;/m0../s1. The van der Waals surface area contributed by atoms with Crippen molar-refractivity contribution in [3.63, 3.8) is 0 Å². The lowest BCUT2D eigenvalue weighted by Crippen LogP contribution is -2.45. The highest BCUT2D eigenvalue weighted by atomic mass is 35.5. The molecule has 2 rings (SSSR count). The van der Waals surface area contributed by atoms with Crippen LogP contribution in [0.4, 0.5) is 5.88 Å². The molecular formula is C14H25Cl2N3O3. The average molecular weight is 354 g/mol. The summed E-state index contributed by atoms with van der Waals surface area (Å²) in [5, 5.41) is 14.1. The Morgan fingerprint density at radius 3 is 2.55 bits per heavy atom. The van der Waals surface area contributed by atoms with Gasteiger partial charge in [0.1, 0.15) is 10.7 Å². The summed E-state index contributed by atoms with van der Waals surface area (Å²) in [4.78, 5) is 12.7. The van der Waals surface area contributed by atoms with Crippen LogP contribution in [0, 0.1) is 10.1 Å². The third kappa shape index (κ3) is 5.76. The number of halogens is 2. The van der Waals surface area contributed by atoms with E-state index in [1.807, 2.05) is 0 Å². The van der Waals surface area contributed by atoms with E-state index in [0.29, 0.717) is 0 Å². The van der Waals surface area contributed by atoms with Gasteiger partial charge in [0.2, 0.25) is 0 Å². The van der Waals surface area contributed by atoms with Crippen molar-refractivity contribution in [3.8, 4) is 0 Å². The Morgan fingerprint density at radius 1 is 1.32 bits per heavy atom. The highest BCUT2D eigenvalue weighted by molar-refractivity contribution is 5.85. The maximum atomic E-state index is 10.8. The lowest BCUT2D eigenvalue weighted by Gasteiger charge is -2.33. The second kappa shape index (κ2) is 10.8. The fourth-order valence-corrected chi connectivity index (χ4v) is 2.71. The molecule has 0 bridgehead atoms. The highest BCUT2D eigenvalue weighted by Crippen LogP contribution is 2.30. The molecule has 8 heteroatoms. The normalized spacial score (nSPS) is 16.4. The van der Waals surface area contributed by atoms with E-state index < -0.39 is 4.92 Å². The van der Waals surface area contributed by atoms with Gasteiger partial charge in [-0.3, -0.25) is 15.0 Å². The maximum absolute atomic E-state index is 10.8. The molecule has 22 heavy (non-hydrogen) atoms. The minimum atomic E-state index is -0.468. The third-order valence-corrected chi connectivity index (χ3v) is 3.79. The molecule has 1 aromatic rings. The first kappa shape index (κ1) is 21.2. The van der Waals surface area contributed by atoms with E-state index in [-0.39, 0.29) is 36.7 Å². The predicted octanol–water partition coefficient (Wildman–Crippen LogP) is 3.56. The zero-order valence-corrected chi connectivity index (χ0v) is 14.5. The summed E-state index contributed by atoms with van der Waals surface area (Å²) < 4.78 is 5.43. The number of nitro groups is 1. The highest BCUT2D eigenvalue weighted by Gasteiger charge is 2.26. The molecule has 128 valence electrons. The molecule has 6 nitrogen and oxygen atoms in total. The summed E-state index contributed by atoms with van der Waals surface area (Å²) in [6.07, 6.45) is 4.48. The topological polar surface area (TPSA) is 71.5 Å². The molecule has 1 aromatic heterocycles. The van der Waals surface area contributed by atoms with Crippen molar-refractivity contribution < 1.29 is 9.34 Å². The molecule has 0 aromatic carbocycles. The Morgan fingerprint density at radius 2 is 2.00 bits per heavy atom. The van der Waals surface area contributed by atoms with Crippen LogP contribution in [0.25, 0.3) is 0 Å². The smallest absolute Gasteiger partial charge is 0.404 e. The summed E-state index contributed by atoms with van der Waals surface area (Å²) in [7, 11) is 0. The number of hydrogen-bond acceptors (Lipinski definition) is 5. The number of piperazine rings is 1. The van der Waals surface area contributed by atoms with Crippen LogP contribution in [0.5, 0.6) is 0 Å². The lowest BCUT2D eigenvalue weighted by atomic mass is 10.0. The molecule has 1 N–H and O–H groups in total. The van der Waals surface area contributed by atoms with Crippen LogP contribution in [-0.4, -0.2) is 36.0 Å². The molecule has 0 aliphatic carbocycles. The van der Waals surface area contributed by atoms with Crippen LogP contribution in [0.15, 0.2) is 16.5 Å². The molecule has 0 radical (unpaired) electrons. The van der Waals surface area contributed by atoms with Gasteiger partial charge in [-0.25, -0.2) is 0 Å². The molecule has 1 aliphatic heterocycles. The van der Waals surface area contributed by atoms with Crippen LogP contribution >= 0.6 is 24.8 Å². The van der Waals surface area contributed by atoms with Crippen molar-refractivity contribution in [2.45, 2.75) is 38.6 Å². The van der Waals surface area contributed by atoms with Crippen LogP contribution in [0.3, 0.4) is 0 Å². The Hall–Kier alpha value is -0.820. The summed E-state index contributed by atoms with van der Waals surface area (Å²) in [5.41, 5.74) is 0. The summed E-state index contributed by atoms with van der Waals surface area (Å²) in [5.74, 6) is 0.574. The Kier molecular flexibility index (Phi) is 10.4. The minimum absolute atomic E-state index is 0. The third-order valence-electron chi connectivity index (χ3n) is 3.79. The van der Waals surface area contributed by atoms with Gasteiger partial charge in [-0.2, -0.15) is 0 Å². The van der Waals surface area contributed by atoms with E-state index >= 15 is 0 Å². The second-order valence-corrected chi connectivity index (χ2v) is 5.23. The van der Waals surface area contributed by atoms with Crippen molar-refractivity contribution in [3.05, 3.63) is 28.0 Å². The van der Waals surface area contributed by atoms with Crippen LogP contribution in [0.2, 0.25) is 0 Å². The molecule has 1 aliphatic rings. The van der Waals surface area contributed by atoms with Gasteiger partial charge in [0.05, 0.1) is 12.1 Å². The zero-order chi connectivity index (χ0) is 14.4. The monoisotopic (exact) mass is 353 g/mol. The molecule has 2 heterocycles. The summed E-state index contributed by atoms with van der Waals surface area (Å²) in [6.45, 7) is 6.04. The van der Waals surface area contributed by atoms with Gasteiger partial charge in [-0.15, -0.1) is 24.8 Å². The number of hydrogen-bond donors (Lipinski definition) is 1. The minimum Gasteiger partial charge on any atom is -0.404 e. The van der Waals surface area contributed by atoms with Crippen molar-refractivity contribution in [1.29, 1.82) is 0 Å². The van der Waals surface area contributed by atoms with Crippen LogP contribution in [0.1, 0.15) is 44.4 Å². The Balaban J connectivity index is 0.00000220. The first-order valence-corrected chi connectivity index (χ1v) is 7.41. The SMILES string of the molecule is CCCCC[C@@H](c1ccc([N+](=O)[O-])o1)N1CCNCC1.Cl.Cl. The van der Waals surface area contributed by atoms with Gasteiger partial charge in [0, 0.05) is 26.2 Å². The molecule has 1 fully saturated rings. The number of unbranched alkanes of at least 4 members (excludes halogenated alkanes) is 2. The van der Waals surface area contributed by atoms with Crippen molar-refractivity contribution >= 4 is 30.7 Å². The predicted molar refractivity (Wildman–Crippen MR) is 91.2 cm³/mol. The summed E-state index contributed by atoms with van der Waals surface area (Å²) >= 11 is 0. The zero-order valence-electron chi connectivity index (χ0n) is 12.8. The molecule has 0 saturated carbocycles. The van der Waals surface area contributed by atoms with E-state index in [1.165, 1.54) is 18.9 Å². The van der Waals surface area contributed by atoms with Gasteiger partial charge < -0.3 is 9.73 Å². The first-order valence-electron chi connectivity index (χ1n) is 7.41. The Bertz CT molecular complexity index is 437. The molecule has 1 saturated heterocycles. The number of nitrogens with one attached hydrogen (secondary N) is 1. The quantitative estimate of drug-likeness (QED) is 0.461. The largest absolute Gasteiger partial charge is 0.433 e. The van der Waals surface area contributed by atoms with Gasteiger partial charge in [0.25, 0.3) is 0 Å². The van der Waals surface area contributed by atoms with E-state index in [2.05, 4.69) is 17.1 Å². The van der Waals surface area contributed by atoms with Crippen LogP contribution < -0.4 is 5.32 Å². The van der Waals surface area contributed by atoms with Gasteiger partial charge in [-0.1, -0.05) is 26.2 Å². The average Bonchev–Trinajstić information content (AvgIpc) is 2.94.